The topological polar surface area (TPSA) is 87.5 Å². The first-order valence-corrected chi connectivity index (χ1v) is 12.6. The van der Waals surface area contributed by atoms with Crippen molar-refractivity contribution in [1.29, 1.82) is 0 Å². The molecule has 0 bridgehead atoms. The average Bonchev–Trinajstić information content (AvgIpc) is 3.36. The summed E-state index contributed by atoms with van der Waals surface area (Å²) < 4.78 is 29.0. The molecule has 1 fully saturated rings. The van der Waals surface area contributed by atoms with Crippen LogP contribution in [0.15, 0.2) is 29.2 Å². The molecule has 8 nitrogen and oxygen atoms in total. The van der Waals surface area contributed by atoms with E-state index >= 15 is 0 Å². The number of anilines is 2. The highest BCUT2D eigenvalue weighted by Crippen LogP contribution is 2.32. The molecule has 32 heavy (non-hydrogen) atoms. The van der Waals surface area contributed by atoms with Crippen LogP contribution in [0, 0.1) is 6.92 Å². The predicted molar refractivity (Wildman–Crippen MR) is 129 cm³/mol. The minimum absolute atomic E-state index is 0.162. The zero-order chi connectivity index (χ0) is 23.5. The second-order valence-corrected chi connectivity index (χ2v) is 9.99. The summed E-state index contributed by atoms with van der Waals surface area (Å²) >= 11 is 6.24. The summed E-state index contributed by atoms with van der Waals surface area (Å²) in [4.78, 5) is 15.1. The van der Waals surface area contributed by atoms with Gasteiger partial charge in [-0.25, -0.2) is 8.42 Å². The van der Waals surface area contributed by atoms with E-state index < -0.39 is 10.0 Å². The van der Waals surface area contributed by atoms with Gasteiger partial charge in [0.1, 0.15) is 5.15 Å². The van der Waals surface area contributed by atoms with Gasteiger partial charge in [-0.05, 0) is 44.0 Å². The lowest BCUT2D eigenvalue weighted by Gasteiger charge is -2.24. The number of aromatic nitrogens is 2. The van der Waals surface area contributed by atoms with Crippen LogP contribution in [-0.2, 0) is 21.9 Å². The maximum absolute atomic E-state index is 13.0. The van der Waals surface area contributed by atoms with Crippen molar-refractivity contribution < 1.29 is 13.2 Å². The maximum Gasteiger partial charge on any atom is 0.248 e. The molecular formula is C22H30ClN5O3S. The monoisotopic (exact) mass is 479 g/mol. The van der Waals surface area contributed by atoms with E-state index in [-0.39, 0.29) is 10.8 Å². The number of hydrogen-bond donors (Lipinski definition) is 1. The van der Waals surface area contributed by atoms with Gasteiger partial charge in [-0.1, -0.05) is 25.4 Å². The van der Waals surface area contributed by atoms with Gasteiger partial charge in [-0.2, -0.15) is 9.40 Å². The molecule has 1 aliphatic heterocycles. The van der Waals surface area contributed by atoms with E-state index in [1.54, 1.807) is 49.9 Å². The maximum atomic E-state index is 13.0. The number of carbonyl (C=O) groups is 1. The predicted octanol–water partition coefficient (Wildman–Crippen LogP) is 3.66. The first-order chi connectivity index (χ1) is 15.2. The Morgan fingerprint density at radius 2 is 1.91 bits per heavy atom. The quantitative estimate of drug-likeness (QED) is 0.584. The number of nitrogens with one attached hydrogen (secondary N) is 1. The Bertz CT molecular complexity index is 1120. The molecule has 2 heterocycles. The van der Waals surface area contributed by atoms with Gasteiger partial charge < -0.3 is 10.2 Å². The van der Waals surface area contributed by atoms with Crippen molar-refractivity contribution in [2.24, 2.45) is 7.05 Å². The highest BCUT2D eigenvalue weighted by atomic mass is 35.5. The van der Waals surface area contributed by atoms with Gasteiger partial charge in [-0.15, -0.1) is 0 Å². The molecule has 0 radical (unpaired) electrons. The highest BCUT2D eigenvalue weighted by Gasteiger charge is 2.24. The van der Waals surface area contributed by atoms with E-state index in [0.29, 0.717) is 35.2 Å². The van der Waals surface area contributed by atoms with Crippen LogP contribution in [0.1, 0.15) is 37.9 Å². The number of nitrogens with zero attached hydrogens (tertiary/aromatic N) is 4. The van der Waals surface area contributed by atoms with Crippen molar-refractivity contribution in [3.63, 3.8) is 0 Å². The van der Waals surface area contributed by atoms with Crippen molar-refractivity contribution >= 4 is 45.0 Å². The number of halogens is 1. The molecule has 0 atom stereocenters. The molecule has 0 aliphatic carbocycles. The zero-order valence-corrected chi connectivity index (χ0v) is 20.5. The van der Waals surface area contributed by atoms with Gasteiger partial charge in [-0.3, -0.25) is 9.48 Å². The fraction of sp³-hybridized carbons (Fsp3) is 0.455. The van der Waals surface area contributed by atoms with E-state index in [4.69, 9.17) is 11.6 Å². The van der Waals surface area contributed by atoms with Crippen molar-refractivity contribution in [1.82, 2.24) is 14.1 Å². The van der Waals surface area contributed by atoms with Gasteiger partial charge in [0.25, 0.3) is 0 Å². The van der Waals surface area contributed by atoms with Crippen LogP contribution >= 0.6 is 11.6 Å². The lowest BCUT2D eigenvalue weighted by atomic mass is 10.2. The molecule has 10 heteroatoms. The van der Waals surface area contributed by atoms with E-state index in [2.05, 4.69) is 15.3 Å². The second kappa shape index (κ2) is 10.1. The number of benzene rings is 1. The molecular weight excluding hydrogens is 450 g/mol. The number of carbonyl (C=O) groups excluding carboxylic acids is 1. The second-order valence-electron chi connectivity index (χ2n) is 7.70. The summed E-state index contributed by atoms with van der Waals surface area (Å²) in [6, 6.07) is 4.95. The highest BCUT2D eigenvalue weighted by molar-refractivity contribution is 7.89. The lowest BCUT2D eigenvalue weighted by Crippen LogP contribution is -2.31. The van der Waals surface area contributed by atoms with Gasteiger partial charge in [0.05, 0.1) is 22.0 Å². The third kappa shape index (κ3) is 5.00. The van der Waals surface area contributed by atoms with E-state index in [1.165, 1.54) is 10.4 Å². The lowest BCUT2D eigenvalue weighted by molar-refractivity contribution is -0.111. The molecule has 0 spiro atoms. The minimum Gasteiger partial charge on any atom is -0.370 e. The van der Waals surface area contributed by atoms with Crippen LogP contribution in [0.4, 0.5) is 11.4 Å². The number of hydrogen-bond acceptors (Lipinski definition) is 5. The first-order valence-electron chi connectivity index (χ1n) is 10.8. The Morgan fingerprint density at radius 1 is 1.25 bits per heavy atom. The molecule has 3 rings (SSSR count). The molecule has 1 saturated heterocycles. The number of rotatable bonds is 8. The Morgan fingerprint density at radius 3 is 2.47 bits per heavy atom. The number of aryl methyl sites for hydroxylation is 2. The van der Waals surface area contributed by atoms with Crippen LogP contribution in [0.25, 0.3) is 6.08 Å². The Hall–Kier alpha value is -2.36. The zero-order valence-electron chi connectivity index (χ0n) is 18.9. The van der Waals surface area contributed by atoms with Crippen molar-refractivity contribution in [3.8, 4) is 0 Å². The molecule has 174 valence electrons. The molecule has 1 amide bonds. The molecule has 1 aromatic heterocycles. The fourth-order valence-electron chi connectivity index (χ4n) is 3.89. The van der Waals surface area contributed by atoms with Crippen LogP contribution in [0.5, 0.6) is 0 Å². The average molecular weight is 480 g/mol. The summed E-state index contributed by atoms with van der Waals surface area (Å²) in [5, 5.41) is 7.55. The largest absolute Gasteiger partial charge is 0.370 e. The third-order valence-electron chi connectivity index (χ3n) is 5.61. The molecule has 2 aromatic rings. The summed E-state index contributed by atoms with van der Waals surface area (Å²) in [6.45, 7) is 7.91. The van der Waals surface area contributed by atoms with Crippen LogP contribution in [0.3, 0.4) is 0 Å². The Balaban J connectivity index is 1.93. The normalized spacial score (nSPS) is 14.6. The van der Waals surface area contributed by atoms with E-state index in [1.807, 2.05) is 6.92 Å². The molecule has 0 saturated carbocycles. The van der Waals surface area contributed by atoms with Crippen LogP contribution < -0.4 is 10.2 Å². The minimum atomic E-state index is -3.65. The number of sulfonamides is 1. The summed E-state index contributed by atoms with van der Waals surface area (Å²) in [5.41, 5.74) is 2.68. The fourth-order valence-corrected chi connectivity index (χ4v) is 5.61. The van der Waals surface area contributed by atoms with Gasteiger partial charge in [0.15, 0.2) is 0 Å². The number of amides is 1. The van der Waals surface area contributed by atoms with Gasteiger partial charge in [0.2, 0.25) is 15.9 Å². The molecule has 1 N–H and O–H groups in total. The van der Waals surface area contributed by atoms with E-state index in [0.717, 1.165) is 31.6 Å². The molecule has 1 aliphatic rings. The van der Waals surface area contributed by atoms with Crippen molar-refractivity contribution in [3.05, 3.63) is 40.7 Å². The van der Waals surface area contributed by atoms with Gasteiger partial charge >= 0.3 is 0 Å². The van der Waals surface area contributed by atoms with Crippen LogP contribution in [0.2, 0.25) is 5.15 Å². The Kier molecular flexibility index (Phi) is 7.63. The molecule has 0 unspecified atom stereocenters. The van der Waals surface area contributed by atoms with E-state index in [9.17, 15) is 13.2 Å². The molecule has 1 aromatic carbocycles. The smallest absolute Gasteiger partial charge is 0.248 e. The summed E-state index contributed by atoms with van der Waals surface area (Å²) in [5.74, 6) is -0.373. The summed E-state index contributed by atoms with van der Waals surface area (Å²) in [6.07, 6.45) is 5.12. The standard InChI is InChI=1S/C22H30ClN5O3S/c1-5-28(6-2)32(30,31)17-9-11-20(27-13-7-8-14-27)19(15-17)24-21(29)12-10-18-16(3)25-26(4)22(18)23/h9-12,15H,5-8,13-14H2,1-4H3,(H,24,29)/b12-10+. The summed E-state index contributed by atoms with van der Waals surface area (Å²) in [7, 11) is -1.91. The van der Waals surface area contributed by atoms with Crippen molar-refractivity contribution in [2.45, 2.75) is 38.5 Å². The Labute approximate surface area is 194 Å². The van der Waals surface area contributed by atoms with Crippen LogP contribution in [-0.4, -0.2) is 54.6 Å². The SMILES string of the molecule is CCN(CC)S(=O)(=O)c1ccc(N2CCCC2)c(NC(=O)/C=C/c2c(C)nn(C)c2Cl)c1. The third-order valence-corrected chi connectivity index (χ3v) is 8.11. The first kappa shape index (κ1) is 24.3. The van der Waals surface area contributed by atoms with Crippen molar-refractivity contribution in [2.75, 3.05) is 36.4 Å². The van der Waals surface area contributed by atoms with Gasteiger partial charge in [0, 0.05) is 44.9 Å².